The number of nitrogens with one attached hydrogen (secondary N) is 2. The summed E-state index contributed by atoms with van der Waals surface area (Å²) in [6.07, 6.45) is 5.57. The quantitative estimate of drug-likeness (QED) is 0.750. The number of sulfonamides is 1. The molecule has 0 spiro atoms. The van der Waals surface area contributed by atoms with Crippen LogP contribution in [-0.2, 0) is 10.0 Å². The maximum absolute atomic E-state index is 11.8. The Morgan fingerprint density at radius 1 is 1.24 bits per heavy atom. The van der Waals surface area contributed by atoms with Crippen molar-refractivity contribution >= 4 is 15.7 Å². The summed E-state index contributed by atoms with van der Waals surface area (Å²) in [7, 11) is -2.02. The Bertz CT molecular complexity index is 566. The maximum atomic E-state index is 11.8. The molecule has 1 aromatic carbocycles. The van der Waals surface area contributed by atoms with Crippen LogP contribution >= 0.6 is 0 Å². The molecular weight excluding hydrogens is 288 g/mol. The first kappa shape index (κ1) is 16.3. The van der Waals surface area contributed by atoms with Gasteiger partial charge >= 0.3 is 0 Å². The van der Waals surface area contributed by atoms with Gasteiger partial charge in [0, 0.05) is 17.6 Å². The molecule has 0 saturated heterocycles. The van der Waals surface area contributed by atoms with Gasteiger partial charge in [0.1, 0.15) is 0 Å². The molecule has 0 amide bonds. The molecule has 0 bridgehead atoms. The van der Waals surface area contributed by atoms with Crippen molar-refractivity contribution in [3.63, 3.8) is 0 Å². The molecule has 0 radical (unpaired) electrons. The number of aliphatic hydroxyl groups excluding tert-OH is 1. The first-order chi connectivity index (χ1) is 10.0. The highest BCUT2D eigenvalue weighted by atomic mass is 32.2. The lowest BCUT2D eigenvalue weighted by molar-refractivity contribution is 0.0944. The van der Waals surface area contributed by atoms with Gasteiger partial charge in [0.25, 0.3) is 0 Å². The monoisotopic (exact) mass is 312 g/mol. The van der Waals surface area contributed by atoms with E-state index in [9.17, 15) is 13.5 Å². The fourth-order valence-electron chi connectivity index (χ4n) is 2.87. The van der Waals surface area contributed by atoms with E-state index in [1.54, 1.807) is 18.2 Å². The molecule has 0 atom stereocenters. The number of aliphatic hydroxyl groups is 1. The standard InChI is InChI=1S/C15H24N2O3S/c1-16-21(19,20)14-7-5-6-13(10-14)17-11-15(12-18)8-3-2-4-9-15/h5-7,10,16-18H,2-4,8-9,11-12H2,1H3. The van der Waals surface area contributed by atoms with Crippen LogP contribution in [0.4, 0.5) is 5.69 Å². The summed E-state index contributed by atoms with van der Waals surface area (Å²) in [6, 6.07) is 6.76. The van der Waals surface area contributed by atoms with Gasteiger partial charge < -0.3 is 10.4 Å². The third-order valence-electron chi connectivity index (χ3n) is 4.33. The summed E-state index contributed by atoms with van der Waals surface area (Å²) < 4.78 is 25.9. The summed E-state index contributed by atoms with van der Waals surface area (Å²) in [6.45, 7) is 0.848. The molecule has 0 aromatic heterocycles. The highest BCUT2D eigenvalue weighted by molar-refractivity contribution is 7.89. The van der Waals surface area contributed by atoms with Crippen molar-refractivity contribution in [3.05, 3.63) is 24.3 Å². The van der Waals surface area contributed by atoms with Crippen LogP contribution in [0.3, 0.4) is 0 Å². The second-order valence-electron chi connectivity index (χ2n) is 5.81. The lowest BCUT2D eigenvalue weighted by Gasteiger charge is -2.36. The maximum Gasteiger partial charge on any atom is 0.240 e. The predicted octanol–water partition coefficient (Wildman–Crippen LogP) is 1.95. The van der Waals surface area contributed by atoms with Gasteiger partial charge in [-0.05, 0) is 38.1 Å². The minimum Gasteiger partial charge on any atom is -0.396 e. The van der Waals surface area contributed by atoms with E-state index in [-0.39, 0.29) is 16.9 Å². The van der Waals surface area contributed by atoms with Crippen molar-refractivity contribution in [1.29, 1.82) is 0 Å². The molecule has 1 saturated carbocycles. The van der Waals surface area contributed by atoms with Gasteiger partial charge in [0.05, 0.1) is 11.5 Å². The van der Waals surface area contributed by atoms with Gasteiger partial charge in [-0.3, -0.25) is 0 Å². The normalized spacial score (nSPS) is 18.4. The fourth-order valence-corrected chi connectivity index (χ4v) is 3.65. The molecule has 1 fully saturated rings. The van der Waals surface area contributed by atoms with Crippen LogP contribution in [0.5, 0.6) is 0 Å². The van der Waals surface area contributed by atoms with Crippen LogP contribution in [-0.4, -0.2) is 33.7 Å². The Balaban J connectivity index is 2.08. The van der Waals surface area contributed by atoms with Crippen molar-refractivity contribution in [2.45, 2.75) is 37.0 Å². The first-order valence-corrected chi connectivity index (χ1v) is 8.88. The zero-order chi connectivity index (χ0) is 15.3. The van der Waals surface area contributed by atoms with Crippen LogP contribution in [0.2, 0.25) is 0 Å². The highest BCUT2D eigenvalue weighted by Gasteiger charge is 2.31. The van der Waals surface area contributed by atoms with Gasteiger partial charge in [-0.1, -0.05) is 25.3 Å². The van der Waals surface area contributed by atoms with Gasteiger partial charge in [-0.15, -0.1) is 0 Å². The van der Waals surface area contributed by atoms with E-state index in [1.807, 2.05) is 6.07 Å². The summed E-state index contributed by atoms with van der Waals surface area (Å²) in [4.78, 5) is 0.247. The Kier molecular flexibility index (Phi) is 5.24. The van der Waals surface area contributed by atoms with E-state index < -0.39 is 10.0 Å². The molecule has 21 heavy (non-hydrogen) atoms. The lowest BCUT2D eigenvalue weighted by Crippen LogP contribution is -2.35. The summed E-state index contributed by atoms with van der Waals surface area (Å²) in [5.41, 5.74) is 0.695. The van der Waals surface area contributed by atoms with E-state index in [1.165, 1.54) is 13.5 Å². The minimum absolute atomic E-state index is 0.0733. The zero-order valence-corrected chi connectivity index (χ0v) is 13.2. The third kappa shape index (κ3) is 3.96. The molecule has 1 aliphatic rings. The smallest absolute Gasteiger partial charge is 0.240 e. The average Bonchev–Trinajstić information content (AvgIpc) is 2.54. The molecule has 0 unspecified atom stereocenters. The number of rotatable bonds is 6. The Hall–Kier alpha value is -1.11. The lowest BCUT2D eigenvalue weighted by atomic mass is 9.74. The molecule has 1 aliphatic carbocycles. The van der Waals surface area contributed by atoms with Gasteiger partial charge in [-0.25, -0.2) is 13.1 Å². The fraction of sp³-hybridized carbons (Fsp3) is 0.600. The average molecular weight is 312 g/mol. The molecular formula is C15H24N2O3S. The third-order valence-corrected chi connectivity index (χ3v) is 5.74. The van der Waals surface area contributed by atoms with Crippen LogP contribution in [0, 0.1) is 5.41 Å². The SMILES string of the molecule is CNS(=O)(=O)c1cccc(NCC2(CO)CCCCC2)c1. The van der Waals surface area contributed by atoms with E-state index in [0.717, 1.165) is 31.4 Å². The molecule has 5 nitrogen and oxygen atoms in total. The Labute approximate surface area is 126 Å². The highest BCUT2D eigenvalue weighted by Crippen LogP contribution is 2.36. The second kappa shape index (κ2) is 6.77. The molecule has 1 aromatic rings. The number of hydrogen-bond acceptors (Lipinski definition) is 4. The van der Waals surface area contributed by atoms with Gasteiger partial charge in [0.2, 0.25) is 10.0 Å². The molecule has 6 heteroatoms. The largest absolute Gasteiger partial charge is 0.396 e. The summed E-state index contributed by atoms with van der Waals surface area (Å²) >= 11 is 0. The Morgan fingerprint density at radius 2 is 1.95 bits per heavy atom. The van der Waals surface area contributed by atoms with E-state index >= 15 is 0 Å². The second-order valence-corrected chi connectivity index (χ2v) is 7.69. The van der Waals surface area contributed by atoms with E-state index in [0.29, 0.717) is 6.54 Å². The molecule has 3 N–H and O–H groups in total. The van der Waals surface area contributed by atoms with Gasteiger partial charge in [0.15, 0.2) is 0 Å². The molecule has 0 heterocycles. The summed E-state index contributed by atoms with van der Waals surface area (Å²) in [5.74, 6) is 0. The molecule has 118 valence electrons. The van der Waals surface area contributed by atoms with Crippen molar-refractivity contribution in [2.24, 2.45) is 5.41 Å². The topological polar surface area (TPSA) is 78.4 Å². The molecule has 0 aliphatic heterocycles. The van der Waals surface area contributed by atoms with Crippen LogP contribution in [0.25, 0.3) is 0 Å². The van der Waals surface area contributed by atoms with Gasteiger partial charge in [-0.2, -0.15) is 0 Å². The van der Waals surface area contributed by atoms with Crippen LogP contribution in [0.15, 0.2) is 29.2 Å². The minimum atomic E-state index is -3.42. The van der Waals surface area contributed by atoms with E-state index in [2.05, 4.69) is 10.0 Å². The zero-order valence-electron chi connectivity index (χ0n) is 12.4. The first-order valence-electron chi connectivity index (χ1n) is 7.40. The van der Waals surface area contributed by atoms with Crippen molar-refractivity contribution in [1.82, 2.24) is 4.72 Å². The number of anilines is 1. The number of benzene rings is 1. The molecule has 2 rings (SSSR count). The summed E-state index contributed by atoms with van der Waals surface area (Å²) in [5, 5.41) is 13.0. The van der Waals surface area contributed by atoms with Crippen molar-refractivity contribution in [2.75, 3.05) is 25.5 Å². The van der Waals surface area contributed by atoms with E-state index in [4.69, 9.17) is 0 Å². The Morgan fingerprint density at radius 3 is 2.57 bits per heavy atom. The van der Waals surface area contributed by atoms with Crippen molar-refractivity contribution < 1.29 is 13.5 Å². The van der Waals surface area contributed by atoms with Crippen LogP contribution in [0.1, 0.15) is 32.1 Å². The predicted molar refractivity (Wildman–Crippen MR) is 83.8 cm³/mol. The number of hydrogen-bond donors (Lipinski definition) is 3. The van der Waals surface area contributed by atoms with Crippen LogP contribution < -0.4 is 10.0 Å². The van der Waals surface area contributed by atoms with Crippen molar-refractivity contribution in [3.8, 4) is 0 Å².